The van der Waals surface area contributed by atoms with Crippen LogP contribution >= 0.6 is 11.3 Å². The van der Waals surface area contributed by atoms with Crippen molar-refractivity contribution in [2.75, 3.05) is 11.9 Å². The van der Waals surface area contributed by atoms with E-state index in [0.29, 0.717) is 0 Å². The number of thiophene rings is 1. The maximum atomic E-state index is 12.0. The largest absolute Gasteiger partial charge is 0.316 e. The van der Waals surface area contributed by atoms with Crippen molar-refractivity contribution in [1.82, 2.24) is 0 Å². The molecule has 0 radical (unpaired) electrons. The minimum Gasteiger partial charge on any atom is -0.316 e. The Kier molecular flexibility index (Phi) is 4.12. The fourth-order valence-corrected chi connectivity index (χ4v) is 4.04. The predicted octanol–water partition coefficient (Wildman–Crippen LogP) is 4.11. The third-order valence-corrected chi connectivity index (χ3v) is 5.04. The standard InChI is InChI=1S/C18H20N2OS/c1-4-7-14-12(3)22-18-16(14)17(19-10-15(21)20-18)13-9-6-5-8-11(13)2/h5-6,8-9H,4,7,10H2,1-3H3,(H,20,21). The number of carbonyl (C=O) groups excluding carboxylic acids is 1. The molecule has 0 bridgehead atoms. The first-order valence-corrected chi connectivity index (χ1v) is 8.46. The van der Waals surface area contributed by atoms with E-state index in [1.54, 1.807) is 11.3 Å². The van der Waals surface area contributed by atoms with Gasteiger partial charge in [-0.25, -0.2) is 0 Å². The van der Waals surface area contributed by atoms with Crippen LogP contribution in [0.4, 0.5) is 5.00 Å². The third-order valence-electron chi connectivity index (χ3n) is 3.98. The maximum absolute atomic E-state index is 12.0. The fourth-order valence-electron chi connectivity index (χ4n) is 2.92. The van der Waals surface area contributed by atoms with E-state index in [4.69, 9.17) is 0 Å². The highest BCUT2D eigenvalue weighted by Crippen LogP contribution is 2.37. The molecule has 0 aliphatic carbocycles. The molecule has 1 aliphatic heterocycles. The van der Waals surface area contributed by atoms with Gasteiger partial charge in [0.15, 0.2) is 0 Å². The van der Waals surface area contributed by atoms with Gasteiger partial charge >= 0.3 is 0 Å². The first-order valence-electron chi connectivity index (χ1n) is 7.64. The van der Waals surface area contributed by atoms with Crippen molar-refractivity contribution in [2.24, 2.45) is 4.99 Å². The van der Waals surface area contributed by atoms with Crippen molar-refractivity contribution < 1.29 is 4.79 Å². The molecule has 2 aromatic rings. The number of nitrogens with zero attached hydrogens (tertiary/aromatic N) is 1. The molecule has 22 heavy (non-hydrogen) atoms. The molecule has 1 aliphatic rings. The molecule has 1 aromatic carbocycles. The highest BCUT2D eigenvalue weighted by molar-refractivity contribution is 7.17. The molecule has 0 atom stereocenters. The Morgan fingerprint density at radius 1 is 1.27 bits per heavy atom. The molecule has 0 fully saturated rings. The molecule has 0 unspecified atom stereocenters. The SMILES string of the molecule is CCCc1c(C)sc2c1C(c1ccccc1C)=NCC(=O)N2. The molecule has 1 amide bonds. The van der Waals surface area contributed by atoms with Crippen molar-refractivity contribution in [3.63, 3.8) is 0 Å². The van der Waals surface area contributed by atoms with Crippen molar-refractivity contribution in [1.29, 1.82) is 0 Å². The van der Waals surface area contributed by atoms with Crippen molar-refractivity contribution in [2.45, 2.75) is 33.6 Å². The second-order valence-electron chi connectivity index (χ2n) is 5.62. The average molecular weight is 312 g/mol. The minimum atomic E-state index is -0.0332. The molecule has 114 valence electrons. The number of nitrogens with one attached hydrogen (secondary N) is 1. The number of anilines is 1. The number of fused-ring (bicyclic) bond motifs is 1. The zero-order chi connectivity index (χ0) is 15.7. The van der Waals surface area contributed by atoms with Crippen LogP contribution in [0.25, 0.3) is 0 Å². The van der Waals surface area contributed by atoms with Crippen LogP contribution in [0.5, 0.6) is 0 Å². The quantitative estimate of drug-likeness (QED) is 0.910. The zero-order valence-corrected chi connectivity index (χ0v) is 14.0. The van der Waals surface area contributed by atoms with Gasteiger partial charge in [-0.15, -0.1) is 11.3 Å². The lowest BCUT2D eigenvalue weighted by Gasteiger charge is -2.11. The lowest BCUT2D eigenvalue weighted by molar-refractivity contribution is -0.114. The Balaban J connectivity index is 2.24. The second-order valence-corrected chi connectivity index (χ2v) is 6.84. The van der Waals surface area contributed by atoms with Crippen LogP contribution < -0.4 is 5.32 Å². The average Bonchev–Trinajstić information content (AvgIpc) is 2.68. The summed E-state index contributed by atoms with van der Waals surface area (Å²) in [7, 11) is 0. The summed E-state index contributed by atoms with van der Waals surface area (Å²) >= 11 is 1.67. The van der Waals surface area contributed by atoms with Gasteiger partial charge in [0.05, 0.1) is 5.71 Å². The summed E-state index contributed by atoms with van der Waals surface area (Å²) in [6.45, 7) is 6.60. The van der Waals surface area contributed by atoms with E-state index >= 15 is 0 Å². The molecular formula is C18H20N2OS. The number of carbonyl (C=O) groups is 1. The lowest BCUT2D eigenvalue weighted by atomic mass is 9.94. The topological polar surface area (TPSA) is 41.5 Å². The maximum Gasteiger partial charge on any atom is 0.246 e. The van der Waals surface area contributed by atoms with E-state index in [1.807, 2.05) is 12.1 Å². The number of benzene rings is 1. The van der Waals surface area contributed by atoms with Gasteiger partial charge in [-0.05, 0) is 31.4 Å². The highest BCUT2D eigenvalue weighted by atomic mass is 32.1. The Hall–Kier alpha value is -1.94. The second kappa shape index (κ2) is 6.05. The van der Waals surface area contributed by atoms with E-state index in [1.165, 1.54) is 16.0 Å². The number of hydrogen-bond donors (Lipinski definition) is 1. The van der Waals surface area contributed by atoms with Crippen molar-refractivity contribution >= 4 is 28.0 Å². The molecule has 3 nitrogen and oxygen atoms in total. The molecule has 1 N–H and O–H groups in total. The van der Waals surface area contributed by atoms with Gasteiger partial charge in [-0.1, -0.05) is 37.6 Å². The van der Waals surface area contributed by atoms with Gasteiger partial charge in [0.1, 0.15) is 11.5 Å². The van der Waals surface area contributed by atoms with Gasteiger partial charge in [-0.3, -0.25) is 9.79 Å². The molecule has 4 heteroatoms. The number of amides is 1. The molecule has 0 saturated heterocycles. The van der Waals surface area contributed by atoms with E-state index < -0.39 is 0 Å². The number of hydrogen-bond acceptors (Lipinski definition) is 3. The highest BCUT2D eigenvalue weighted by Gasteiger charge is 2.25. The molecule has 0 saturated carbocycles. The van der Waals surface area contributed by atoms with Gasteiger partial charge in [0.2, 0.25) is 5.91 Å². The fraction of sp³-hybridized carbons (Fsp3) is 0.333. The molecule has 3 rings (SSSR count). The summed E-state index contributed by atoms with van der Waals surface area (Å²) in [5, 5.41) is 3.98. The minimum absolute atomic E-state index is 0.0332. The van der Waals surface area contributed by atoms with Crippen LogP contribution in [-0.4, -0.2) is 18.2 Å². The van der Waals surface area contributed by atoms with Gasteiger partial charge < -0.3 is 5.32 Å². The predicted molar refractivity (Wildman–Crippen MR) is 93.4 cm³/mol. The van der Waals surface area contributed by atoms with Crippen LogP contribution in [0.2, 0.25) is 0 Å². The van der Waals surface area contributed by atoms with Crippen LogP contribution in [0.3, 0.4) is 0 Å². The Morgan fingerprint density at radius 3 is 2.77 bits per heavy atom. The Morgan fingerprint density at radius 2 is 2.05 bits per heavy atom. The van der Waals surface area contributed by atoms with Crippen molar-refractivity contribution in [3.05, 3.63) is 51.4 Å². The monoisotopic (exact) mass is 312 g/mol. The Labute approximate surface area is 135 Å². The number of aliphatic imine (C=N–C) groups is 1. The van der Waals surface area contributed by atoms with Gasteiger partial charge in [-0.2, -0.15) is 0 Å². The summed E-state index contributed by atoms with van der Waals surface area (Å²) in [5.41, 5.74) is 5.72. The zero-order valence-electron chi connectivity index (χ0n) is 13.2. The van der Waals surface area contributed by atoms with Gasteiger partial charge in [0.25, 0.3) is 0 Å². The van der Waals surface area contributed by atoms with E-state index in [9.17, 15) is 4.79 Å². The summed E-state index contributed by atoms with van der Waals surface area (Å²) in [4.78, 5) is 17.9. The van der Waals surface area contributed by atoms with E-state index in [2.05, 4.69) is 43.2 Å². The van der Waals surface area contributed by atoms with E-state index in [-0.39, 0.29) is 12.5 Å². The summed E-state index contributed by atoms with van der Waals surface area (Å²) in [6, 6.07) is 8.25. The molecule has 2 heterocycles. The molecule has 1 aromatic heterocycles. The summed E-state index contributed by atoms with van der Waals surface area (Å²) in [6.07, 6.45) is 2.09. The Bertz CT molecular complexity index is 758. The van der Waals surface area contributed by atoms with Crippen LogP contribution in [-0.2, 0) is 11.2 Å². The normalized spacial score (nSPS) is 14.1. The molecular weight excluding hydrogens is 292 g/mol. The first kappa shape index (κ1) is 15.0. The third kappa shape index (κ3) is 2.59. The molecule has 0 spiro atoms. The number of rotatable bonds is 3. The van der Waals surface area contributed by atoms with Crippen LogP contribution in [0, 0.1) is 13.8 Å². The summed E-state index contributed by atoms with van der Waals surface area (Å²) in [5.74, 6) is -0.0332. The number of aryl methyl sites for hydroxylation is 2. The van der Waals surface area contributed by atoms with Crippen molar-refractivity contribution in [3.8, 4) is 0 Å². The smallest absolute Gasteiger partial charge is 0.246 e. The van der Waals surface area contributed by atoms with Crippen LogP contribution in [0.1, 0.15) is 40.5 Å². The first-order chi connectivity index (χ1) is 10.6. The van der Waals surface area contributed by atoms with Gasteiger partial charge in [0, 0.05) is 16.0 Å². The lowest BCUT2D eigenvalue weighted by Crippen LogP contribution is -2.12. The summed E-state index contributed by atoms with van der Waals surface area (Å²) < 4.78 is 0. The van der Waals surface area contributed by atoms with Crippen LogP contribution in [0.15, 0.2) is 29.3 Å². The van der Waals surface area contributed by atoms with E-state index in [0.717, 1.165) is 34.7 Å².